The SMILES string of the molecule is CC(C)C(C)C(C)(C)N(C1CC1)[C@@H](C(C)C)C(F)(F)F. The lowest BCUT2D eigenvalue weighted by molar-refractivity contribution is -0.216. The van der Waals surface area contributed by atoms with Crippen LogP contribution >= 0.6 is 0 Å². The second-order valence-electron chi connectivity index (χ2n) is 7.56. The van der Waals surface area contributed by atoms with Gasteiger partial charge in [0, 0.05) is 11.6 Å². The maximum Gasteiger partial charge on any atom is 0.404 e. The molecule has 0 aromatic heterocycles. The normalized spacial score (nSPS) is 20.9. The monoisotopic (exact) mass is 293 g/mol. The average molecular weight is 293 g/mol. The molecule has 1 rings (SSSR count). The first-order valence-electron chi connectivity index (χ1n) is 7.75. The molecule has 1 unspecified atom stereocenters. The summed E-state index contributed by atoms with van der Waals surface area (Å²) in [5, 5.41) is 0. The van der Waals surface area contributed by atoms with Gasteiger partial charge < -0.3 is 0 Å². The van der Waals surface area contributed by atoms with Gasteiger partial charge in [0.15, 0.2) is 0 Å². The summed E-state index contributed by atoms with van der Waals surface area (Å²) in [4.78, 5) is 1.78. The van der Waals surface area contributed by atoms with Gasteiger partial charge in [-0.05, 0) is 44.4 Å². The van der Waals surface area contributed by atoms with Crippen LogP contribution in [-0.2, 0) is 0 Å². The van der Waals surface area contributed by atoms with Gasteiger partial charge in [-0.25, -0.2) is 0 Å². The van der Waals surface area contributed by atoms with E-state index in [0.29, 0.717) is 5.92 Å². The van der Waals surface area contributed by atoms with Gasteiger partial charge in [-0.15, -0.1) is 0 Å². The molecule has 0 saturated heterocycles. The van der Waals surface area contributed by atoms with Crippen LogP contribution in [0.5, 0.6) is 0 Å². The third kappa shape index (κ3) is 3.69. The van der Waals surface area contributed by atoms with E-state index in [1.54, 1.807) is 18.7 Å². The molecule has 20 heavy (non-hydrogen) atoms. The van der Waals surface area contributed by atoms with Gasteiger partial charge in [0.05, 0.1) is 0 Å². The zero-order valence-corrected chi connectivity index (χ0v) is 13.9. The van der Waals surface area contributed by atoms with Crippen LogP contribution in [0.1, 0.15) is 61.3 Å². The molecular weight excluding hydrogens is 263 g/mol. The molecule has 0 amide bonds. The standard InChI is InChI=1S/C16H30F3N/c1-10(2)12(5)15(6,7)20(13-8-9-13)14(11(3)4)16(17,18)19/h10-14H,8-9H2,1-7H3/t12?,14-/m0/s1. The second kappa shape index (κ2) is 5.86. The molecule has 1 aliphatic carbocycles. The van der Waals surface area contributed by atoms with Crippen LogP contribution in [0.3, 0.4) is 0 Å². The molecule has 0 aliphatic heterocycles. The van der Waals surface area contributed by atoms with Gasteiger partial charge >= 0.3 is 6.18 Å². The first-order chi connectivity index (χ1) is 8.90. The molecule has 0 aromatic rings. The quantitative estimate of drug-likeness (QED) is 0.658. The van der Waals surface area contributed by atoms with Crippen LogP contribution in [-0.4, -0.2) is 28.7 Å². The summed E-state index contributed by atoms with van der Waals surface area (Å²) in [5.74, 6) is 0.160. The Kier molecular flexibility index (Phi) is 5.22. The van der Waals surface area contributed by atoms with Crippen molar-refractivity contribution in [2.45, 2.75) is 85.1 Å². The lowest BCUT2D eigenvalue weighted by Crippen LogP contribution is -2.61. The predicted molar refractivity (Wildman–Crippen MR) is 77.6 cm³/mol. The molecule has 4 heteroatoms. The maximum absolute atomic E-state index is 13.6. The lowest BCUT2D eigenvalue weighted by Gasteiger charge is -2.50. The van der Waals surface area contributed by atoms with E-state index in [1.165, 1.54) is 0 Å². The Morgan fingerprint density at radius 2 is 1.35 bits per heavy atom. The van der Waals surface area contributed by atoms with Crippen molar-refractivity contribution < 1.29 is 13.2 Å². The summed E-state index contributed by atoms with van der Waals surface area (Å²) in [6.07, 6.45) is -2.37. The van der Waals surface area contributed by atoms with Gasteiger partial charge in [0.1, 0.15) is 6.04 Å². The Bertz CT molecular complexity index is 316. The van der Waals surface area contributed by atoms with Crippen molar-refractivity contribution in [1.29, 1.82) is 0 Å². The highest BCUT2D eigenvalue weighted by atomic mass is 19.4. The van der Waals surface area contributed by atoms with Crippen LogP contribution in [0.25, 0.3) is 0 Å². The highest BCUT2D eigenvalue weighted by molar-refractivity contribution is 5.02. The fourth-order valence-corrected chi connectivity index (χ4v) is 3.32. The van der Waals surface area contributed by atoms with E-state index in [-0.39, 0.29) is 12.0 Å². The molecule has 0 N–H and O–H groups in total. The minimum absolute atomic E-state index is 0.0974. The largest absolute Gasteiger partial charge is 0.404 e. The lowest BCUT2D eigenvalue weighted by atomic mass is 9.78. The Hall–Kier alpha value is -0.250. The topological polar surface area (TPSA) is 3.24 Å². The number of hydrogen-bond acceptors (Lipinski definition) is 1. The zero-order chi connectivity index (χ0) is 15.9. The third-order valence-corrected chi connectivity index (χ3v) is 4.99. The summed E-state index contributed by atoms with van der Waals surface area (Å²) in [6.45, 7) is 13.6. The van der Waals surface area contributed by atoms with Gasteiger partial charge in [-0.3, -0.25) is 4.90 Å². The third-order valence-electron chi connectivity index (χ3n) is 4.99. The number of alkyl halides is 3. The Morgan fingerprint density at radius 3 is 1.60 bits per heavy atom. The van der Waals surface area contributed by atoms with Crippen molar-refractivity contribution in [3.05, 3.63) is 0 Å². The minimum atomic E-state index is -4.16. The molecule has 0 radical (unpaired) electrons. The minimum Gasteiger partial charge on any atom is -0.284 e. The fraction of sp³-hybridized carbons (Fsp3) is 1.00. The van der Waals surface area contributed by atoms with Crippen LogP contribution in [0.4, 0.5) is 13.2 Å². The summed E-state index contributed by atoms with van der Waals surface area (Å²) in [7, 11) is 0. The van der Waals surface area contributed by atoms with E-state index in [2.05, 4.69) is 20.8 Å². The van der Waals surface area contributed by atoms with Gasteiger partial charge in [0.2, 0.25) is 0 Å². The summed E-state index contributed by atoms with van der Waals surface area (Å²) in [6, 6.07) is -1.24. The smallest absolute Gasteiger partial charge is 0.284 e. The molecule has 2 atom stereocenters. The van der Waals surface area contributed by atoms with Crippen molar-refractivity contribution in [2.75, 3.05) is 0 Å². The first kappa shape index (κ1) is 17.8. The molecule has 0 heterocycles. The molecule has 0 bridgehead atoms. The van der Waals surface area contributed by atoms with Crippen molar-refractivity contribution in [3.63, 3.8) is 0 Å². The number of nitrogens with zero attached hydrogens (tertiary/aromatic N) is 1. The summed E-state index contributed by atoms with van der Waals surface area (Å²) in [5.41, 5.74) is -0.445. The van der Waals surface area contributed by atoms with E-state index in [1.807, 2.05) is 13.8 Å². The van der Waals surface area contributed by atoms with E-state index < -0.39 is 23.7 Å². The van der Waals surface area contributed by atoms with Crippen LogP contribution in [0.15, 0.2) is 0 Å². The van der Waals surface area contributed by atoms with Crippen molar-refractivity contribution in [2.24, 2.45) is 17.8 Å². The Balaban J connectivity index is 3.15. The van der Waals surface area contributed by atoms with E-state index in [4.69, 9.17) is 0 Å². The summed E-state index contributed by atoms with van der Waals surface area (Å²) < 4.78 is 40.7. The van der Waals surface area contributed by atoms with Crippen LogP contribution in [0, 0.1) is 17.8 Å². The number of hydrogen-bond donors (Lipinski definition) is 0. The van der Waals surface area contributed by atoms with E-state index in [0.717, 1.165) is 12.8 Å². The van der Waals surface area contributed by atoms with Crippen molar-refractivity contribution in [1.82, 2.24) is 4.90 Å². The van der Waals surface area contributed by atoms with Crippen molar-refractivity contribution in [3.8, 4) is 0 Å². The highest BCUT2D eigenvalue weighted by Crippen LogP contribution is 2.45. The molecule has 1 nitrogen and oxygen atoms in total. The molecule has 1 saturated carbocycles. The molecule has 120 valence electrons. The molecule has 0 aromatic carbocycles. The van der Waals surface area contributed by atoms with Gasteiger partial charge in [-0.2, -0.15) is 13.2 Å². The van der Waals surface area contributed by atoms with E-state index in [9.17, 15) is 13.2 Å². The Morgan fingerprint density at radius 1 is 0.900 bits per heavy atom. The maximum atomic E-state index is 13.6. The summed E-state index contributed by atoms with van der Waals surface area (Å²) >= 11 is 0. The molecule has 1 aliphatic rings. The Labute approximate surface area is 121 Å². The van der Waals surface area contributed by atoms with Crippen LogP contribution < -0.4 is 0 Å². The fourth-order valence-electron chi connectivity index (χ4n) is 3.32. The average Bonchev–Trinajstić information content (AvgIpc) is 3.05. The molecular formula is C16H30F3N. The van der Waals surface area contributed by atoms with Gasteiger partial charge in [-0.1, -0.05) is 34.6 Å². The number of rotatable bonds is 6. The van der Waals surface area contributed by atoms with E-state index >= 15 is 0 Å². The van der Waals surface area contributed by atoms with Gasteiger partial charge in [0.25, 0.3) is 0 Å². The highest BCUT2D eigenvalue weighted by Gasteiger charge is 2.55. The van der Waals surface area contributed by atoms with Crippen LogP contribution in [0.2, 0.25) is 0 Å². The number of halogens is 3. The molecule has 0 spiro atoms. The first-order valence-corrected chi connectivity index (χ1v) is 7.75. The molecule has 1 fully saturated rings. The zero-order valence-electron chi connectivity index (χ0n) is 13.9. The second-order valence-corrected chi connectivity index (χ2v) is 7.56. The predicted octanol–water partition coefficient (Wildman–Crippen LogP) is 5.11. The van der Waals surface area contributed by atoms with Crippen molar-refractivity contribution >= 4 is 0 Å².